The number of halogens is 6. The summed E-state index contributed by atoms with van der Waals surface area (Å²) < 4.78 is 61.0. The van der Waals surface area contributed by atoms with Gasteiger partial charge < -0.3 is 111 Å². The molecule has 0 unspecified atom stereocenters. The van der Waals surface area contributed by atoms with Gasteiger partial charge in [0.25, 0.3) is 0 Å². The van der Waals surface area contributed by atoms with Crippen molar-refractivity contribution in [3.8, 4) is 0 Å². The summed E-state index contributed by atoms with van der Waals surface area (Å²) in [7, 11) is -35.2. The Morgan fingerprint density at radius 3 is 0.179 bits per heavy atom. The van der Waals surface area contributed by atoms with Gasteiger partial charge in [0.2, 0.25) is 0 Å². The van der Waals surface area contributed by atoms with E-state index in [0.717, 1.165) is 0 Å². The van der Waals surface area contributed by atoms with Crippen LogP contribution < -0.4 is 86.3 Å². The van der Waals surface area contributed by atoms with Gasteiger partial charge in [-0.25, -0.2) is 0 Å². The van der Waals surface area contributed by atoms with Gasteiger partial charge in [0.1, 0.15) is 0 Å². The van der Waals surface area contributed by atoms with E-state index in [2.05, 4.69) is 0 Å². The van der Waals surface area contributed by atoms with E-state index in [1.54, 1.807) is 0 Å². The fraction of sp³-hybridized carbons (Fsp3) is 0. The van der Waals surface area contributed by atoms with Gasteiger partial charge in [-0.15, -0.1) is 0 Å². The Balaban J connectivity index is -0.0000000130. The molecule has 0 amide bonds. The second-order valence-corrected chi connectivity index (χ2v) is 8.67. The second kappa shape index (κ2) is 54.4. The minimum Gasteiger partial charge on any atom is -0.857 e. The molecule has 0 fully saturated rings. The van der Waals surface area contributed by atoms with Gasteiger partial charge in [-0.05, 0) is 0 Å². The van der Waals surface area contributed by atoms with E-state index in [1.807, 2.05) is 0 Å². The largest absolute Gasteiger partial charge is 2.00 e. The Kier molecular flexibility index (Phi) is 139. The Morgan fingerprint density at radius 2 is 0.179 bits per heavy atom. The summed E-state index contributed by atoms with van der Waals surface area (Å²) in [6.07, 6.45) is 0. The maximum atomic E-state index is 10.2. The van der Waals surface area contributed by atoms with Crippen molar-refractivity contribution in [2.24, 2.45) is 0 Å². The van der Waals surface area contributed by atoms with Crippen molar-refractivity contribution in [3.63, 3.8) is 0 Å². The van der Waals surface area contributed by atoms with Crippen LogP contribution in [0.25, 0.3) is 0 Å². The molecular weight excluding hydrogens is 1810 g/mol. The first-order valence-electron chi connectivity index (χ1n) is 4.81. The molecule has 0 N–H and O–H groups in total. The van der Waals surface area contributed by atoms with Crippen molar-refractivity contribution < 1.29 is 111 Å². The van der Waals surface area contributed by atoms with E-state index < -0.39 is 54.8 Å². The van der Waals surface area contributed by atoms with Crippen molar-refractivity contribution in [2.75, 3.05) is 0 Å². The number of hydrogen-bond donors (Lipinski definition) is 0. The Labute approximate surface area is 585 Å². The first-order valence-corrected chi connectivity index (χ1v) is 14.4. The smallest absolute Gasteiger partial charge is 0.857 e. The zero-order valence-corrected chi connectivity index (χ0v) is 64.9. The normalized spacial score (nSPS) is 9.23. The molecule has 0 aliphatic carbocycles. The predicted molar refractivity (Wildman–Crippen MR) is 93.0 cm³/mol. The van der Waals surface area contributed by atoms with Crippen LogP contribution in [0.4, 0.5) is 24.6 Å². The third kappa shape index (κ3) is 647. The Morgan fingerprint density at radius 1 is 0.179 bits per heavy atom. The Hall–Kier alpha value is 14.3. The van der Waals surface area contributed by atoms with E-state index in [4.69, 9.17) is 86.3 Å². The monoisotopic (exact) mass is 1810 g/mol. The summed E-state index contributed by atoms with van der Waals surface area (Å²) >= 11 is 0. The Bertz CT molecular complexity index is 258. The van der Waals surface area contributed by atoms with Crippen molar-refractivity contribution in [1.29, 1.82) is 0 Å². The summed E-state index contributed by atoms with van der Waals surface area (Å²) in [5.41, 5.74) is 0. The topological polar surface area (TPSA) is 415 Å². The predicted octanol–water partition coefficient (Wildman–Crippen LogP) is -24.6. The van der Waals surface area contributed by atoms with E-state index in [-0.39, 0.29) is 440 Å². The van der Waals surface area contributed by atoms with Crippen LogP contribution in [0.1, 0.15) is 0 Å². The first kappa shape index (κ1) is 99.4. The first-order chi connectivity index (χ1) is 12.0. The molecule has 0 radical (unpaired) electrons. The standard InChI is InChI=1S/9Ba.6FO3Si/c;;;;;;;;;6*1-5(2,3)4/q9*+2;6*-3. The van der Waals surface area contributed by atoms with Crippen LogP contribution in [0.2, 0.25) is 0 Å². The van der Waals surface area contributed by atoms with E-state index in [0.29, 0.717) is 0 Å². The molecule has 0 aromatic rings. The van der Waals surface area contributed by atoms with E-state index in [9.17, 15) is 24.6 Å². The third-order valence-corrected chi connectivity index (χ3v) is 0. The third-order valence-electron chi connectivity index (χ3n) is 0. The minimum atomic E-state index is -5.86. The van der Waals surface area contributed by atoms with Crippen molar-refractivity contribution in [3.05, 3.63) is 0 Å². The maximum Gasteiger partial charge on any atom is 2.00 e. The molecule has 0 aliphatic heterocycles. The van der Waals surface area contributed by atoms with Crippen LogP contribution in [0.3, 0.4) is 0 Å². The van der Waals surface area contributed by atoms with Gasteiger partial charge in [-0.1, -0.05) is 54.8 Å². The van der Waals surface area contributed by atoms with Crippen LogP contribution in [0, 0.1) is 0 Å². The fourth-order valence-corrected chi connectivity index (χ4v) is 0. The molecule has 0 saturated carbocycles. The van der Waals surface area contributed by atoms with Crippen LogP contribution in [0.15, 0.2) is 0 Å². The zero-order chi connectivity index (χ0) is 27.0. The van der Waals surface area contributed by atoms with Gasteiger partial charge in [-0.3, -0.25) is 0 Å². The minimum absolute atomic E-state index is 0. The number of hydrogen-bond acceptors (Lipinski definition) is 18. The van der Waals surface area contributed by atoms with Crippen molar-refractivity contribution in [1.82, 2.24) is 0 Å². The molecule has 0 aromatic carbocycles. The summed E-state index contributed by atoms with van der Waals surface area (Å²) in [5.74, 6) is 0. The van der Waals surface area contributed by atoms with Crippen LogP contribution in [0.5, 0.6) is 0 Å². The van der Waals surface area contributed by atoms with Gasteiger partial charge in [0, 0.05) is 0 Å². The van der Waals surface area contributed by atoms with Gasteiger partial charge in [-0.2, -0.15) is 0 Å². The average molecular weight is 1810 g/mol. The SMILES string of the molecule is [Ba+2].[Ba+2].[Ba+2].[Ba+2].[Ba+2].[Ba+2].[Ba+2].[Ba+2].[Ba+2].[O-][Si]([O-])([O-])F.[O-][Si]([O-])([O-])F.[O-][Si]([O-])([O-])F.[O-][Si]([O-])([O-])F.[O-][Si]([O-])([O-])F.[O-][Si]([O-])([O-])F. The van der Waals surface area contributed by atoms with Gasteiger partial charge >= 0.3 is 440 Å². The van der Waals surface area contributed by atoms with Crippen LogP contribution in [-0.4, -0.2) is 495 Å². The molecule has 192 valence electrons. The quantitative estimate of drug-likeness (QED) is 0.123. The molecule has 0 saturated heterocycles. The molecule has 39 heteroatoms. The average Bonchev–Trinajstić information content (AvgIpc) is 1.94. The molecule has 0 heterocycles. The maximum absolute atomic E-state index is 10.2. The van der Waals surface area contributed by atoms with Crippen LogP contribution in [-0.2, 0) is 0 Å². The van der Waals surface area contributed by atoms with Crippen molar-refractivity contribution >= 4 is 495 Å². The fourth-order valence-electron chi connectivity index (χ4n) is 0. The van der Waals surface area contributed by atoms with E-state index >= 15 is 0 Å². The summed E-state index contributed by atoms with van der Waals surface area (Å²) in [4.78, 5) is 152. The molecule has 0 aliphatic rings. The van der Waals surface area contributed by atoms with Crippen LogP contribution >= 0.6 is 0 Å². The molecular formula is Ba9F6O18Si6. The summed E-state index contributed by atoms with van der Waals surface area (Å²) in [6, 6.07) is 0. The van der Waals surface area contributed by atoms with Crippen molar-refractivity contribution in [2.45, 2.75) is 0 Å². The van der Waals surface area contributed by atoms with Gasteiger partial charge in [0.05, 0.1) is 0 Å². The van der Waals surface area contributed by atoms with E-state index in [1.165, 1.54) is 0 Å². The molecule has 18 nitrogen and oxygen atoms in total. The summed E-state index contributed by atoms with van der Waals surface area (Å²) in [6.45, 7) is 0. The molecule has 0 spiro atoms. The zero-order valence-electron chi connectivity index (χ0n) is 19.0. The molecule has 0 bridgehead atoms. The molecule has 0 atom stereocenters. The van der Waals surface area contributed by atoms with Gasteiger partial charge in [0.15, 0.2) is 0 Å². The summed E-state index contributed by atoms with van der Waals surface area (Å²) in [5, 5.41) is 0. The molecule has 0 rings (SSSR count). The second-order valence-electron chi connectivity index (χ2n) is 2.89. The number of rotatable bonds is 0. The molecule has 0 aromatic heterocycles. The molecule has 39 heavy (non-hydrogen) atoms.